The number of non-ortho nitro benzene ring substituents is 1. The van der Waals surface area contributed by atoms with Crippen LogP contribution < -0.4 is 10.1 Å². The van der Waals surface area contributed by atoms with Crippen molar-refractivity contribution in [2.45, 2.75) is 19.3 Å². The summed E-state index contributed by atoms with van der Waals surface area (Å²) in [4.78, 5) is 34.4. The maximum absolute atomic E-state index is 12.1. The van der Waals surface area contributed by atoms with Gasteiger partial charge in [-0.2, -0.15) is 0 Å². The van der Waals surface area contributed by atoms with Crippen LogP contribution in [0.4, 0.5) is 11.4 Å². The predicted molar refractivity (Wildman–Crippen MR) is 97.0 cm³/mol. The van der Waals surface area contributed by atoms with Crippen molar-refractivity contribution in [3.8, 4) is 5.75 Å². The van der Waals surface area contributed by atoms with E-state index < -0.39 is 23.4 Å². The van der Waals surface area contributed by atoms with Crippen LogP contribution in [0.2, 0.25) is 0 Å². The van der Waals surface area contributed by atoms with Gasteiger partial charge in [0.25, 0.3) is 11.6 Å². The minimum absolute atomic E-state index is 0.141. The molecule has 0 saturated heterocycles. The summed E-state index contributed by atoms with van der Waals surface area (Å²) < 4.78 is 10.1. The standard InChI is InChI=1S/C19H18N2O6/c1-26-17-10-15(21(24)25)7-8-16(17)20-18(22)11-27-19(23)14-6-5-12-3-2-4-13(12)9-14/h5-10H,2-4,11H2,1H3,(H,20,22). The molecule has 0 heterocycles. The summed E-state index contributed by atoms with van der Waals surface area (Å²) in [6.45, 7) is -0.476. The topological polar surface area (TPSA) is 108 Å². The first kappa shape index (κ1) is 18.4. The number of anilines is 1. The lowest BCUT2D eigenvalue weighted by Gasteiger charge is -2.10. The van der Waals surface area contributed by atoms with Gasteiger partial charge in [-0.05, 0) is 48.6 Å². The Balaban J connectivity index is 1.59. The number of esters is 1. The molecule has 140 valence electrons. The first-order valence-corrected chi connectivity index (χ1v) is 8.39. The fourth-order valence-corrected chi connectivity index (χ4v) is 3.00. The molecule has 0 aliphatic heterocycles. The van der Waals surface area contributed by atoms with E-state index in [4.69, 9.17) is 9.47 Å². The highest BCUT2D eigenvalue weighted by atomic mass is 16.6. The third-order valence-corrected chi connectivity index (χ3v) is 4.34. The number of nitro groups is 1. The number of nitrogens with zero attached hydrogens (tertiary/aromatic N) is 1. The highest BCUT2D eigenvalue weighted by Gasteiger charge is 2.17. The molecule has 8 heteroatoms. The smallest absolute Gasteiger partial charge is 0.338 e. The highest BCUT2D eigenvalue weighted by Crippen LogP contribution is 2.29. The Kier molecular flexibility index (Phi) is 5.35. The van der Waals surface area contributed by atoms with Gasteiger partial charge in [0.05, 0.1) is 29.4 Å². The Morgan fingerprint density at radius 3 is 2.67 bits per heavy atom. The molecule has 8 nitrogen and oxygen atoms in total. The van der Waals surface area contributed by atoms with Crippen LogP contribution in [-0.4, -0.2) is 30.5 Å². The van der Waals surface area contributed by atoms with Crippen LogP contribution in [-0.2, 0) is 22.4 Å². The van der Waals surface area contributed by atoms with Crippen molar-refractivity contribution in [1.82, 2.24) is 0 Å². The van der Waals surface area contributed by atoms with E-state index >= 15 is 0 Å². The zero-order valence-electron chi connectivity index (χ0n) is 14.7. The molecule has 2 aromatic rings. The number of amides is 1. The van der Waals surface area contributed by atoms with Gasteiger partial charge in [0.1, 0.15) is 5.75 Å². The molecule has 2 aromatic carbocycles. The van der Waals surface area contributed by atoms with Crippen molar-refractivity contribution in [3.63, 3.8) is 0 Å². The second kappa shape index (κ2) is 7.86. The van der Waals surface area contributed by atoms with Gasteiger partial charge in [0, 0.05) is 6.07 Å². The van der Waals surface area contributed by atoms with Crippen LogP contribution in [0.3, 0.4) is 0 Å². The van der Waals surface area contributed by atoms with E-state index in [0.717, 1.165) is 24.8 Å². The lowest BCUT2D eigenvalue weighted by Crippen LogP contribution is -2.21. The van der Waals surface area contributed by atoms with Crippen molar-refractivity contribution >= 4 is 23.3 Å². The highest BCUT2D eigenvalue weighted by molar-refractivity contribution is 5.96. The van der Waals surface area contributed by atoms with Gasteiger partial charge in [0.2, 0.25) is 0 Å². The molecule has 27 heavy (non-hydrogen) atoms. The number of rotatable bonds is 6. The predicted octanol–water partition coefficient (Wildman–Crippen LogP) is 2.89. The van der Waals surface area contributed by atoms with Gasteiger partial charge in [-0.3, -0.25) is 14.9 Å². The van der Waals surface area contributed by atoms with E-state index in [9.17, 15) is 19.7 Å². The lowest BCUT2D eigenvalue weighted by molar-refractivity contribution is -0.384. The maximum Gasteiger partial charge on any atom is 0.338 e. The number of methoxy groups -OCH3 is 1. The third kappa shape index (κ3) is 4.22. The van der Waals surface area contributed by atoms with Gasteiger partial charge in [-0.15, -0.1) is 0 Å². The van der Waals surface area contributed by atoms with Crippen LogP contribution in [0, 0.1) is 10.1 Å². The second-order valence-corrected chi connectivity index (χ2v) is 6.10. The molecule has 1 N–H and O–H groups in total. The Labute approximate surface area is 155 Å². The van der Waals surface area contributed by atoms with Crippen LogP contribution >= 0.6 is 0 Å². The van der Waals surface area contributed by atoms with Crippen LogP contribution in [0.1, 0.15) is 27.9 Å². The fraction of sp³-hybridized carbons (Fsp3) is 0.263. The molecule has 0 radical (unpaired) electrons. The van der Waals surface area contributed by atoms with Gasteiger partial charge in [-0.25, -0.2) is 4.79 Å². The van der Waals surface area contributed by atoms with Crippen LogP contribution in [0.25, 0.3) is 0 Å². The summed E-state index contributed by atoms with van der Waals surface area (Å²) in [7, 11) is 1.34. The monoisotopic (exact) mass is 370 g/mol. The van der Waals surface area contributed by atoms with Gasteiger partial charge < -0.3 is 14.8 Å². The van der Waals surface area contributed by atoms with Crippen molar-refractivity contribution in [3.05, 3.63) is 63.2 Å². The summed E-state index contributed by atoms with van der Waals surface area (Å²) in [5, 5.41) is 13.3. The Morgan fingerprint density at radius 2 is 1.93 bits per heavy atom. The van der Waals surface area contributed by atoms with E-state index in [1.807, 2.05) is 12.1 Å². The average Bonchev–Trinajstić information content (AvgIpc) is 3.14. The molecular formula is C19H18N2O6. The number of nitro benzene ring substituents is 1. The first-order chi connectivity index (χ1) is 13.0. The largest absolute Gasteiger partial charge is 0.494 e. The van der Waals surface area contributed by atoms with E-state index in [-0.39, 0.29) is 17.1 Å². The molecule has 0 unspecified atom stereocenters. The number of hydrogen-bond donors (Lipinski definition) is 1. The zero-order chi connectivity index (χ0) is 19.4. The summed E-state index contributed by atoms with van der Waals surface area (Å²) in [6, 6.07) is 9.23. The van der Waals surface area contributed by atoms with Crippen molar-refractivity contribution in [2.24, 2.45) is 0 Å². The molecule has 0 saturated carbocycles. The number of carbonyl (C=O) groups is 2. The Bertz CT molecular complexity index is 909. The number of ether oxygens (including phenoxy) is 2. The summed E-state index contributed by atoms with van der Waals surface area (Å²) in [6.07, 6.45) is 3.04. The first-order valence-electron chi connectivity index (χ1n) is 8.39. The second-order valence-electron chi connectivity index (χ2n) is 6.10. The Morgan fingerprint density at radius 1 is 1.15 bits per heavy atom. The fourth-order valence-electron chi connectivity index (χ4n) is 3.00. The van der Waals surface area contributed by atoms with Crippen molar-refractivity contribution in [1.29, 1.82) is 0 Å². The molecule has 1 aliphatic carbocycles. The van der Waals surface area contributed by atoms with Gasteiger partial charge in [-0.1, -0.05) is 6.07 Å². The lowest BCUT2D eigenvalue weighted by atomic mass is 10.1. The van der Waals surface area contributed by atoms with Crippen LogP contribution in [0.5, 0.6) is 5.75 Å². The summed E-state index contributed by atoms with van der Waals surface area (Å²) in [5.41, 5.74) is 2.89. The number of aryl methyl sites for hydroxylation is 2. The number of nitrogens with one attached hydrogen (secondary N) is 1. The average molecular weight is 370 g/mol. The molecule has 3 rings (SSSR count). The molecular weight excluding hydrogens is 352 g/mol. The molecule has 0 atom stereocenters. The van der Waals surface area contributed by atoms with E-state index in [0.29, 0.717) is 5.56 Å². The van der Waals surface area contributed by atoms with Crippen LogP contribution in [0.15, 0.2) is 36.4 Å². The minimum Gasteiger partial charge on any atom is -0.494 e. The number of fused-ring (bicyclic) bond motifs is 1. The minimum atomic E-state index is -0.574. The van der Waals surface area contributed by atoms with E-state index in [2.05, 4.69) is 5.32 Å². The summed E-state index contributed by atoms with van der Waals surface area (Å²) >= 11 is 0. The molecule has 0 aromatic heterocycles. The number of hydrogen-bond acceptors (Lipinski definition) is 6. The van der Waals surface area contributed by atoms with Crippen molar-refractivity contribution < 1.29 is 24.0 Å². The molecule has 0 spiro atoms. The quantitative estimate of drug-likeness (QED) is 0.476. The van der Waals surface area contributed by atoms with E-state index in [1.165, 1.54) is 30.9 Å². The molecule has 0 bridgehead atoms. The zero-order valence-corrected chi connectivity index (χ0v) is 14.7. The van der Waals surface area contributed by atoms with E-state index in [1.54, 1.807) is 6.07 Å². The number of benzene rings is 2. The Hall–Kier alpha value is -3.42. The molecule has 1 aliphatic rings. The molecule has 1 amide bonds. The SMILES string of the molecule is COc1cc([N+](=O)[O-])ccc1NC(=O)COC(=O)c1ccc2c(c1)CCC2. The van der Waals surface area contributed by atoms with Gasteiger partial charge >= 0.3 is 5.97 Å². The third-order valence-electron chi connectivity index (χ3n) is 4.34. The van der Waals surface area contributed by atoms with Crippen molar-refractivity contribution in [2.75, 3.05) is 19.0 Å². The maximum atomic E-state index is 12.1. The normalized spacial score (nSPS) is 12.2. The molecule has 0 fully saturated rings. The van der Waals surface area contributed by atoms with Gasteiger partial charge in [0.15, 0.2) is 6.61 Å². The number of carbonyl (C=O) groups excluding carboxylic acids is 2. The summed E-state index contributed by atoms with van der Waals surface area (Å²) in [5.74, 6) is -1.00.